The summed E-state index contributed by atoms with van der Waals surface area (Å²) in [6.45, 7) is 8.68. The summed E-state index contributed by atoms with van der Waals surface area (Å²) in [6.07, 6.45) is 0.436. The highest BCUT2D eigenvalue weighted by atomic mass is 16.2. The van der Waals surface area contributed by atoms with E-state index in [9.17, 15) is 9.59 Å². The molecule has 5 nitrogen and oxygen atoms in total. The van der Waals surface area contributed by atoms with Crippen molar-refractivity contribution in [3.8, 4) is 0 Å². The number of carbonyl (C=O) groups excluding carboxylic acids is 2. The van der Waals surface area contributed by atoms with Crippen LogP contribution in [-0.2, 0) is 11.3 Å². The number of aryl methyl sites for hydroxylation is 1. The lowest BCUT2D eigenvalue weighted by Crippen LogP contribution is -2.19. The molecule has 0 aliphatic carbocycles. The van der Waals surface area contributed by atoms with Crippen LogP contribution in [0.25, 0.3) is 10.9 Å². The van der Waals surface area contributed by atoms with E-state index in [0.29, 0.717) is 24.3 Å². The maximum absolute atomic E-state index is 12.2. The van der Waals surface area contributed by atoms with Crippen molar-refractivity contribution in [1.29, 1.82) is 0 Å². The highest BCUT2D eigenvalue weighted by Crippen LogP contribution is 2.26. The zero-order valence-corrected chi connectivity index (χ0v) is 16.9. The lowest BCUT2D eigenvalue weighted by molar-refractivity contribution is -0.117. The van der Waals surface area contributed by atoms with Crippen LogP contribution < -0.4 is 11.1 Å². The molecule has 0 radical (unpaired) electrons. The molecule has 146 valence electrons. The number of nitrogens with one attached hydrogen (secondary N) is 1. The summed E-state index contributed by atoms with van der Waals surface area (Å²) in [5.41, 5.74) is 9.88. The Bertz CT molecular complexity index is 1040. The maximum atomic E-state index is 12.2. The molecule has 3 rings (SSSR count). The number of nitrogens with zero attached hydrogens (tertiary/aromatic N) is 1. The molecule has 0 unspecified atom stereocenters. The Morgan fingerprint density at radius 2 is 1.82 bits per heavy atom. The Labute approximate surface area is 165 Å². The molecule has 1 aromatic heterocycles. The molecular weight excluding hydrogens is 350 g/mol. The molecule has 0 fully saturated rings. The first kappa shape index (κ1) is 19.7. The molecule has 0 spiro atoms. The van der Waals surface area contributed by atoms with Gasteiger partial charge in [0.2, 0.25) is 5.91 Å². The molecule has 0 bridgehead atoms. The first-order chi connectivity index (χ1) is 13.1. The molecule has 5 heteroatoms. The molecule has 0 saturated heterocycles. The van der Waals surface area contributed by atoms with Crippen LogP contribution in [0.3, 0.4) is 0 Å². The molecule has 0 atom stereocenters. The third-order valence-electron chi connectivity index (χ3n) is 4.55. The van der Waals surface area contributed by atoms with Gasteiger partial charge in [-0.1, -0.05) is 50.6 Å². The molecule has 2 amide bonds. The fraction of sp³-hybridized carbons (Fsp3) is 0.304. The van der Waals surface area contributed by atoms with Crippen LogP contribution in [0.4, 0.5) is 5.69 Å². The normalized spacial score (nSPS) is 11.6. The number of hydrogen-bond acceptors (Lipinski definition) is 2. The Balaban J connectivity index is 1.94. The summed E-state index contributed by atoms with van der Waals surface area (Å²) in [6, 6.07) is 15.6. The number of rotatable bonds is 5. The van der Waals surface area contributed by atoms with Crippen molar-refractivity contribution in [3.05, 3.63) is 65.4 Å². The summed E-state index contributed by atoms with van der Waals surface area (Å²) in [5, 5.41) is 3.81. The number of primary amides is 1. The van der Waals surface area contributed by atoms with E-state index in [2.05, 4.69) is 11.4 Å². The van der Waals surface area contributed by atoms with E-state index in [1.54, 1.807) is 6.07 Å². The predicted molar refractivity (Wildman–Crippen MR) is 113 cm³/mol. The summed E-state index contributed by atoms with van der Waals surface area (Å²) < 4.78 is 1.92. The summed E-state index contributed by atoms with van der Waals surface area (Å²) in [4.78, 5) is 24.2. The lowest BCUT2D eigenvalue weighted by Gasteiger charge is -2.17. The Hall–Kier alpha value is -3.08. The van der Waals surface area contributed by atoms with Gasteiger partial charge >= 0.3 is 0 Å². The minimum atomic E-state index is -0.470. The Morgan fingerprint density at radius 3 is 2.46 bits per heavy atom. The summed E-state index contributed by atoms with van der Waals surface area (Å²) in [5.74, 6) is -0.497. The van der Waals surface area contributed by atoms with Gasteiger partial charge in [-0.25, -0.2) is 0 Å². The van der Waals surface area contributed by atoms with Gasteiger partial charge in [0.05, 0.1) is 0 Å². The van der Waals surface area contributed by atoms with Crippen LogP contribution in [0.5, 0.6) is 0 Å². The molecular formula is C23H27N3O2. The topological polar surface area (TPSA) is 77.1 Å². The van der Waals surface area contributed by atoms with E-state index in [1.165, 1.54) is 5.56 Å². The Morgan fingerprint density at radius 1 is 1.07 bits per heavy atom. The zero-order chi connectivity index (χ0) is 20.5. The number of hydrogen-bond donors (Lipinski definition) is 2. The fourth-order valence-corrected chi connectivity index (χ4v) is 3.40. The van der Waals surface area contributed by atoms with Crippen molar-refractivity contribution in [2.45, 2.75) is 40.7 Å². The van der Waals surface area contributed by atoms with E-state index in [4.69, 9.17) is 5.73 Å². The molecule has 28 heavy (non-hydrogen) atoms. The first-order valence-electron chi connectivity index (χ1n) is 9.41. The summed E-state index contributed by atoms with van der Waals surface area (Å²) >= 11 is 0. The van der Waals surface area contributed by atoms with Gasteiger partial charge in [0.25, 0.3) is 5.91 Å². The molecule has 0 saturated carbocycles. The van der Waals surface area contributed by atoms with Gasteiger partial charge in [0.1, 0.15) is 5.69 Å². The van der Waals surface area contributed by atoms with Gasteiger partial charge in [0.15, 0.2) is 0 Å². The van der Waals surface area contributed by atoms with Gasteiger partial charge < -0.3 is 15.6 Å². The second-order valence-electron chi connectivity index (χ2n) is 8.53. The predicted octanol–water partition coefficient (Wildman–Crippen LogP) is 4.47. The van der Waals surface area contributed by atoms with Crippen molar-refractivity contribution < 1.29 is 9.59 Å². The van der Waals surface area contributed by atoms with E-state index in [-0.39, 0.29) is 11.3 Å². The zero-order valence-electron chi connectivity index (χ0n) is 16.9. The highest BCUT2D eigenvalue weighted by Gasteiger charge is 2.17. The lowest BCUT2D eigenvalue weighted by atomic mass is 9.92. The van der Waals surface area contributed by atoms with Crippen LogP contribution >= 0.6 is 0 Å². The van der Waals surface area contributed by atoms with E-state index >= 15 is 0 Å². The number of anilines is 1. The number of amides is 2. The number of fused-ring (bicyclic) bond motifs is 1. The van der Waals surface area contributed by atoms with Crippen molar-refractivity contribution in [2.24, 2.45) is 11.1 Å². The number of nitrogens with two attached hydrogens (primary N) is 1. The van der Waals surface area contributed by atoms with Crippen molar-refractivity contribution in [3.63, 3.8) is 0 Å². The second-order valence-corrected chi connectivity index (χ2v) is 8.53. The van der Waals surface area contributed by atoms with Crippen LogP contribution in [0.2, 0.25) is 0 Å². The van der Waals surface area contributed by atoms with Crippen LogP contribution in [0.15, 0.2) is 48.5 Å². The quantitative estimate of drug-likeness (QED) is 0.688. The molecule has 3 N–H and O–H groups in total. The average molecular weight is 377 g/mol. The maximum Gasteiger partial charge on any atom is 0.265 e. The molecule has 3 aromatic rings. The third-order valence-corrected chi connectivity index (χ3v) is 4.55. The highest BCUT2D eigenvalue weighted by molar-refractivity contribution is 6.00. The smallest absolute Gasteiger partial charge is 0.265 e. The first-order valence-corrected chi connectivity index (χ1v) is 9.41. The molecule has 2 aromatic carbocycles. The number of aromatic nitrogens is 1. The van der Waals surface area contributed by atoms with Gasteiger partial charge in [0, 0.05) is 29.6 Å². The SMILES string of the molecule is Cc1cccc(Cn2c(C(N)=O)cc3cc(NC(=O)CC(C)(C)C)ccc32)c1. The molecule has 0 aliphatic heterocycles. The van der Waals surface area contributed by atoms with Gasteiger partial charge in [-0.2, -0.15) is 0 Å². The van der Waals surface area contributed by atoms with Crippen LogP contribution in [-0.4, -0.2) is 16.4 Å². The standard InChI is InChI=1S/C23H27N3O2/c1-15-6-5-7-16(10-15)14-26-19-9-8-18(25-21(27)13-23(2,3)4)11-17(19)12-20(26)22(24)28/h5-12H,13-14H2,1-4H3,(H2,24,28)(H,25,27). The fourth-order valence-electron chi connectivity index (χ4n) is 3.40. The van der Waals surface area contributed by atoms with Gasteiger partial charge in [-0.15, -0.1) is 0 Å². The minimum Gasteiger partial charge on any atom is -0.364 e. The molecule has 0 aliphatic rings. The number of carbonyl (C=O) groups is 2. The van der Waals surface area contributed by atoms with Crippen LogP contribution in [0.1, 0.15) is 48.8 Å². The van der Waals surface area contributed by atoms with Gasteiger partial charge in [-0.3, -0.25) is 9.59 Å². The number of benzene rings is 2. The third kappa shape index (κ3) is 4.60. The van der Waals surface area contributed by atoms with Gasteiger partial charge in [-0.05, 0) is 42.2 Å². The van der Waals surface area contributed by atoms with Crippen molar-refractivity contribution in [1.82, 2.24) is 4.57 Å². The van der Waals surface area contributed by atoms with E-state index < -0.39 is 5.91 Å². The largest absolute Gasteiger partial charge is 0.364 e. The van der Waals surface area contributed by atoms with Crippen molar-refractivity contribution in [2.75, 3.05) is 5.32 Å². The average Bonchev–Trinajstić information content (AvgIpc) is 2.91. The second kappa shape index (κ2) is 7.50. The van der Waals surface area contributed by atoms with E-state index in [1.807, 2.05) is 68.7 Å². The monoisotopic (exact) mass is 377 g/mol. The van der Waals surface area contributed by atoms with Crippen molar-refractivity contribution >= 4 is 28.4 Å². The van der Waals surface area contributed by atoms with E-state index in [0.717, 1.165) is 16.5 Å². The Kier molecular flexibility index (Phi) is 5.27. The summed E-state index contributed by atoms with van der Waals surface area (Å²) in [7, 11) is 0. The van der Waals surface area contributed by atoms with Crippen LogP contribution in [0, 0.1) is 12.3 Å². The minimum absolute atomic E-state index is 0.0267. The molecule has 1 heterocycles.